The van der Waals surface area contributed by atoms with Crippen molar-refractivity contribution >= 4 is 12.3 Å². The van der Waals surface area contributed by atoms with Crippen molar-refractivity contribution in [2.75, 3.05) is 0 Å². The fourth-order valence-electron chi connectivity index (χ4n) is 4.70. The molecule has 1 atom stereocenters. The van der Waals surface area contributed by atoms with E-state index < -0.39 is 0 Å². The summed E-state index contributed by atoms with van der Waals surface area (Å²) in [7, 11) is 0. The SMILES string of the molecule is C=CC/C=C/C=C(\C=C/C)C(=C/CC1=CCC(c2cccc3c2C=CCC3)C=C1)/N=C/C(=C\C=C/C)CC. The molecule has 38 heavy (non-hydrogen) atoms. The standard InChI is InChI=1S/C37H43N/c1-5-9-11-12-19-34(16-7-3)37(38-29-30(8-4)17-10-6-2)28-25-31-23-26-33(27-24-31)36-22-15-20-32-18-13-14-21-35(32)36/h5-7,10-12,14-17,19-24,26,28-29,33H,1,8-9,13,18,25,27H2,2-4H3/b10-6-,12-11+,16-7-,30-17-,34-19+,37-28-,38-29+. The monoisotopic (exact) mass is 501 g/mol. The first kappa shape index (κ1) is 28.9. The molecule has 1 aromatic carbocycles. The Kier molecular flexibility index (Phi) is 12.3. The number of allylic oxidation sites excluding steroid dienone is 16. The van der Waals surface area contributed by atoms with E-state index in [1.165, 1.54) is 27.8 Å². The highest BCUT2D eigenvalue weighted by Crippen LogP contribution is 2.34. The fourth-order valence-corrected chi connectivity index (χ4v) is 4.70. The Morgan fingerprint density at radius 3 is 2.74 bits per heavy atom. The minimum atomic E-state index is 0.440. The third kappa shape index (κ3) is 8.70. The lowest BCUT2D eigenvalue weighted by Crippen LogP contribution is -2.05. The minimum Gasteiger partial charge on any atom is -0.256 e. The summed E-state index contributed by atoms with van der Waals surface area (Å²) in [4.78, 5) is 4.96. The number of aliphatic imine (C=N–C) groups is 1. The van der Waals surface area contributed by atoms with E-state index in [0.717, 1.165) is 49.8 Å². The molecule has 1 unspecified atom stereocenters. The molecule has 0 saturated carbocycles. The first-order valence-electron chi connectivity index (χ1n) is 14.0. The molecular weight excluding hydrogens is 458 g/mol. The summed E-state index contributed by atoms with van der Waals surface area (Å²) in [5, 5.41) is 0. The molecule has 0 aromatic heterocycles. The molecule has 0 heterocycles. The maximum atomic E-state index is 4.96. The Bertz CT molecular complexity index is 1250. The lowest BCUT2D eigenvalue weighted by Gasteiger charge is -2.22. The maximum absolute atomic E-state index is 4.96. The molecule has 0 radical (unpaired) electrons. The van der Waals surface area contributed by atoms with Gasteiger partial charge in [0.1, 0.15) is 0 Å². The Morgan fingerprint density at radius 2 is 2.00 bits per heavy atom. The Morgan fingerprint density at radius 1 is 1.11 bits per heavy atom. The van der Waals surface area contributed by atoms with Crippen LogP contribution in [0.3, 0.4) is 0 Å². The molecule has 1 aromatic rings. The number of hydrogen-bond acceptors (Lipinski definition) is 1. The summed E-state index contributed by atoms with van der Waals surface area (Å²) < 4.78 is 0. The maximum Gasteiger partial charge on any atom is 0.0665 e. The second kappa shape index (κ2) is 16.2. The van der Waals surface area contributed by atoms with E-state index in [1.807, 2.05) is 25.3 Å². The molecule has 0 N–H and O–H groups in total. The zero-order valence-electron chi connectivity index (χ0n) is 23.4. The van der Waals surface area contributed by atoms with Crippen LogP contribution < -0.4 is 0 Å². The molecule has 3 rings (SSSR count). The average molecular weight is 502 g/mol. The van der Waals surface area contributed by atoms with Gasteiger partial charge in [0, 0.05) is 12.1 Å². The molecule has 0 aliphatic heterocycles. The van der Waals surface area contributed by atoms with E-state index >= 15 is 0 Å². The molecule has 0 amide bonds. The molecule has 196 valence electrons. The van der Waals surface area contributed by atoms with Crippen LogP contribution in [0.2, 0.25) is 0 Å². The van der Waals surface area contributed by atoms with Gasteiger partial charge in [-0.25, -0.2) is 0 Å². The van der Waals surface area contributed by atoms with Crippen LogP contribution in [0.1, 0.15) is 75.5 Å². The van der Waals surface area contributed by atoms with Crippen LogP contribution in [-0.4, -0.2) is 6.21 Å². The second-order valence-corrected chi connectivity index (χ2v) is 9.59. The van der Waals surface area contributed by atoms with Gasteiger partial charge in [-0.05, 0) is 85.8 Å². The van der Waals surface area contributed by atoms with Crippen LogP contribution in [0.15, 0.2) is 137 Å². The average Bonchev–Trinajstić information content (AvgIpc) is 2.96. The van der Waals surface area contributed by atoms with Gasteiger partial charge in [0.05, 0.1) is 5.70 Å². The Labute approximate surface area is 231 Å². The lowest BCUT2D eigenvalue weighted by atomic mass is 9.83. The van der Waals surface area contributed by atoms with Crippen molar-refractivity contribution in [1.82, 2.24) is 0 Å². The van der Waals surface area contributed by atoms with Crippen molar-refractivity contribution in [3.63, 3.8) is 0 Å². The molecule has 2 aliphatic rings. The van der Waals surface area contributed by atoms with Gasteiger partial charge in [0.25, 0.3) is 0 Å². The predicted octanol–water partition coefficient (Wildman–Crippen LogP) is 10.5. The largest absolute Gasteiger partial charge is 0.256 e. The Balaban J connectivity index is 1.83. The summed E-state index contributed by atoms with van der Waals surface area (Å²) in [6.07, 6.45) is 40.7. The quantitative estimate of drug-likeness (QED) is 0.153. The molecule has 0 spiro atoms. The fraction of sp³-hybridized carbons (Fsp3) is 0.270. The van der Waals surface area contributed by atoms with Crippen molar-refractivity contribution in [3.05, 3.63) is 149 Å². The molecule has 0 bridgehead atoms. The number of rotatable bonds is 12. The number of aryl methyl sites for hydroxylation is 1. The summed E-state index contributed by atoms with van der Waals surface area (Å²) in [6.45, 7) is 10.1. The van der Waals surface area contributed by atoms with Gasteiger partial charge in [-0.3, -0.25) is 4.99 Å². The van der Waals surface area contributed by atoms with E-state index in [9.17, 15) is 0 Å². The van der Waals surface area contributed by atoms with E-state index in [2.05, 4.69) is 118 Å². The summed E-state index contributed by atoms with van der Waals surface area (Å²) in [5.41, 5.74) is 9.02. The number of fused-ring (bicyclic) bond motifs is 1. The van der Waals surface area contributed by atoms with E-state index in [4.69, 9.17) is 4.99 Å². The van der Waals surface area contributed by atoms with Crippen LogP contribution in [0, 0.1) is 0 Å². The molecule has 0 saturated heterocycles. The highest BCUT2D eigenvalue weighted by molar-refractivity contribution is 5.80. The zero-order chi connectivity index (χ0) is 27.0. The minimum absolute atomic E-state index is 0.440. The van der Waals surface area contributed by atoms with Crippen LogP contribution in [0.5, 0.6) is 0 Å². The van der Waals surface area contributed by atoms with Crippen molar-refractivity contribution in [2.24, 2.45) is 4.99 Å². The van der Waals surface area contributed by atoms with Crippen LogP contribution in [-0.2, 0) is 6.42 Å². The first-order chi connectivity index (χ1) is 18.7. The van der Waals surface area contributed by atoms with Crippen LogP contribution in [0.4, 0.5) is 0 Å². The van der Waals surface area contributed by atoms with E-state index in [-0.39, 0.29) is 0 Å². The van der Waals surface area contributed by atoms with Gasteiger partial charge < -0.3 is 0 Å². The van der Waals surface area contributed by atoms with Gasteiger partial charge in [-0.2, -0.15) is 0 Å². The van der Waals surface area contributed by atoms with Gasteiger partial charge in [-0.15, -0.1) is 6.58 Å². The third-order valence-electron chi connectivity index (χ3n) is 6.84. The molecular formula is C37H43N. The van der Waals surface area contributed by atoms with Crippen molar-refractivity contribution in [1.29, 1.82) is 0 Å². The second-order valence-electron chi connectivity index (χ2n) is 9.59. The zero-order valence-corrected chi connectivity index (χ0v) is 23.4. The molecule has 1 nitrogen and oxygen atoms in total. The highest BCUT2D eigenvalue weighted by Gasteiger charge is 2.17. The van der Waals surface area contributed by atoms with Crippen molar-refractivity contribution in [3.8, 4) is 0 Å². The molecule has 1 heteroatoms. The topological polar surface area (TPSA) is 12.4 Å². The third-order valence-corrected chi connectivity index (χ3v) is 6.84. The summed E-state index contributed by atoms with van der Waals surface area (Å²) in [6, 6.07) is 6.81. The van der Waals surface area contributed by atoms with Gasteiger partial charge >= 0.3 is 0 Å². The molecule has 2 aliphatic carbocycles. The van der Waals surface area contributed by atoms with E-state index in [1.54, 1.807) is 0 Å². The first-order valence-corrected chi connectivity index (χ1v) is 14.0. The summed E-state index contributed by atoms with van der Waals surface area (Å²) >= 11 is 0. The number of benzene rings is 1. The van der Waals surface area contributed by atoms with E-state index in [0.29, 0.717) is 5.92 Å². The lowest BCUT2D eigenvalue weighted by molar-refractivity contribution is 0.830. The highest BCUT2D eigenvalue weighted by atomic mass is 14.7. The van der Waals surface area contributed by atoms with Crippen LogP contribution >= 0.6 is 0 Å². The number of hydrogen-bond donors (Lipinski definition) is 0. The molecule has 0 fully saturated rings. The smallest absolute Gasteiger partial charge is 0.0665 e. The normalized spacial score (nSPS) is 18.8. The van der Waals surface area contributed by atoms with Crippen molar-refractivity contribution < 1.29 is 0 Å². The predicted molar refractivity (Wildman–Crippen MR) is 170 cm³/mol. The van der Waals surface area contributed by atoms with Gasteiger partial charge in [-0.1, -0.05) is 116 Å². The van der Waals surface area contributed by atoms with Crippen molar-refractivity contribution in [2.45, 2.75) is 65.2 Å². The Hall–Kier alpha value is -3.71. The summed E-state index contributed by atoms with van der Waals surface area (Å²) in [5.74, 6) is 0.440. The van der Waals surface area contributed by atoms with Gasteiger partial charge in [0.15, 0.2) is 0 Å². The number of nitrogens with zero attached hydrogens (tertiary/aromatic N) is 1. The van der Waals surface area contributed by atoms with Crippen LogP contribution in [0.25, 0.3) is 6.08 Å². The van der Waals surface area contributed by atoms with Gasteiger partial charge in [0.2, 0.25) is 0 Å².